The lowest BCUT2D eigenvalue weighted by molar-refractivity contribution is 0.0220. The predicted molar refractivity (Wildman–Crippen MR) is 90.1 cm³/mol. The third kappa shape index (κ3) is 3.62. The minimum Gasteiger partial charge on any atom is -0.408 e. The summed E-state index contributed by atoms with van der Waals surface area (Å²) in [7, 11) is 0. The molecule has 1 aromatic carbocycles. The van der Waals surface area contributed by atoms with E-state index in [0.29, 0.717) is 38.4 Å². The van der Waals surface area contributed by atoms with Gasteiger partial charge in [0.2, 0.25) is 0 Å². The van der Waals surface area contributed by atoms with E-state index in [9.17, 15) is 9.59 Å². The molecule has 0 atom stereocenters. The largest absolute Gasteiger partial charge is 0.420 e. The molecule has 130 valence electrons. The quantitative estimate of drug-likeness (QED) is 0.905. The highest BCUT2D eigenvalue weighted by Crippen LogP contribution is 2.14. The second kappa shape index (κ2) is 7.53. The maximum absolute atomic E-state index is 12.2. The van der Waals surface area contributed by atoms with Gasteiger partial charge in [-0.1, -0.05) is 12.1 Å². The van der Waals surface area contributed by atoms with Crippen LogP contribution in [0, 0.1) is 0 Å². The highest BCUT2D eigenvalue weighted by atomic mass is 16.5. The zero-order valence-corrected chi connectivity index (χ0v) is 13.9. The first-order valence-corrected chi connectivity index (χ1v) is 8.41. The van der Waals surface area contributed by atoms with Gasteiger partial charge in [0.1, 0.15) is 0 Å². The molecule has 0 unspecified atom stereocenters. The topological polar surface area (TPSA) is 76.7 Å². The number of benzene rings is 1. The van der Waals surface area contributed by atoms with E-state index in [1.165, 1.54) is 4.57 Å². The van der Waals surface area contributed by atoms with Crippen LogP contribution in [0.5, 0.6) is 0 Å². The fourth-order valence-electron chi connectivity index (χ4n) is 3.07. The Morgan fingerprint density at radius 3 is 2.83 bits per heavy atom. The number of carbonyl (C=O) groups excluding carboxylic acids is 1. The average molecular weight is 333 g/mol. The molecule has 7 nitrogen and oxygen atoms in total. The summed E-state index contributed by atoms with van der Waals surface area (Å²) in [4.78, 5) is 25.9. The maximum Gasteiger partial charge on any atom is 0.420 e. The minimum atomic E-state index is -0.400. The second-order valence-electron chi connectivity index (χ2n) is 5.86. The maximum atomic E-state index is 12.2. The molecule has 1 aromatic heterocycles. The van der Waals surface area contributed by atoms with Crippen molar-refractivity contribution in [1.82, 2.24) is 14.8 Å². The molecule has 0 bridgehead atoms. The van der Waals surface area contributed by atoms with Gasteiger partial charge in [-0.15, -0.1) is 0 Å². The van der Waals surface area contributed by atoms with Crippen LogP contribution in [-0.2, 0) is 11.3 Å². The Kier molecular flexibility index (Phi) is 5.20. The van der Waals surface area contributed by atoms with Crippen LogP contribution in [0.4, 0.5) is 4.79 Å². The fourth-order valence-corrected chi connectivity index (χ4v) is 3.07. The van der Waals surface area contributed by atoms with Crippen molar-refractivity contribution in [3.05, 3.63) is 34.8 Å². The highest BCUT2D eigenvalue weighted by Gasteiger charge is 2.22. The van der Waals surface area contributed by atoms with Crippen LogP contribution < -0.4 is 11.1 Å². The molecular formula is C17H23N3O4. The standard InChI is InChI=1S/C17H23N3O4/c1-2-23-13-7-10-19(11-8-13)16(21)18-9-12-20-14-5-3-4-6-15(14)24-17(20)22/h3-6,13H,2,7-12H2,1H3,(H,18,21). The van der Waals surface area contributed by atoms with Crippen molar-refractivity contribution in [2.45, 2.75) is 32.4 Å². The average Bonchev–Trinajstić information content (AvgIpc) is 2.91. The number of ether oxygens (including phenoxy) is 1. The van der Waals surface area contributed by atoms with Crippen molar-refractivity contribution in [2.75, 3.05) is 26.2 Å². The molecule has 7 heteroatoms. The molecule has 2 amide bonds. The van der Waals surface area contributed by atoms with Gasteiger partial charge >= 0.3 is 11.8 Å². The minimum absolute atomic E-state index is 0.0919. The molecule has 1 aliphatic rings. The van der Waals surface area contributed by atoms with Crippen LogP contribution in [0.3, 0.4) is 0 Å². The Morgan fingerprint density at radius 1 is 1.33 bits per heavy atom. The second-order valence-corrected chi connectivity index (χ2v) is 5.86. The van der Waals surface area contributed by atoms with Crippen LogP contribution in [0.25, 0.3) is 11.1 Å². The Balaban J connectivity index is 1.50. The van der Waals surface area contributed by atoms with Crippen molar-refractivity contribution in [3.8, 4) is 0 Å². The van der Waals surface area contributed by atoms with Gasteiger partial charge in [0.15, 0.2) is 5.58 Å². The normalized spacial score (nSPS) is 15.8. The van der Waals surface area contributed by atoms with Gasteiger partial charge in [0, 0.05) is 32.8 Å². The lowest BCUT2D eigenvalue weighted by Gasteiger charge is -2.31. The van der Waals surface area contributed by atoms with Crippen molar-refractivity contribution in [2.24, 2.45) is 0 Å². The van der Waals surface area contributed by atoms with Crippen molar-refractivity contribution < 1.29 is 13.9 Å². The molecule has 1 N–H and O–H groups in total. The number of carbonyl (C=O) groups is 1. The number of hydrogen-bond donors (Lipinski definition) is 1. The van der Waals surface area contributed by atoms with E-state index in [1.54, 1.807) is 11.0 Å². The van der Waals surface area contributed by atoms with Gasteiger partial charge in [0.25, 0.3) is 0 Å². The molecule has 2 heterocycles. The van der Waals surface area contributed by atoms with Crippen LogP contribution in [0.1, 0.15) is 19.8 Å². The third-order valence-corrected chi connectivity index (χ3v) is 4.32. The lowest BCUT2D eigenvalue weighted by Crippen LogP contribution is -2.46. The number of piperidine rings is 1. The molecule has 0 aliphatic carbocycles. The third-order valence-electron chi connectivity index (χ3n) is 4.32. The highest BCUT2D eigenvalue weighted by molar-refractivity contribution is 5.74. The van der Waals surface area contributed by atoms with E-state index in [0.717, 1.165) is 18.4 Å². The van der Waals surface area contributed by atoms with Crippen LogP contribution in [0.15, 0.2) is 33.5 Å². The Labute approximate surface area is 140 Å². The van der Waals surface area contributed by atoms with E-state index in [2.05, 4.69) is 5.32 Å². The molecular weight excluding hydrogens is 310 g/mol. The van der Waals surface area contributed by atoms with E-state index in [4.69, 9.17) is 9.15 Å². The van der Waals surface area contributed by atoms with Gasteiger partial charge in [-0.3, -0.25) is 4.57 Å². The first kappa shape index (κ1) is 16.6. The summed E-state index contributed by atoms with van der Waals surface area (Å²) < 4.78 is 12.3. The van der Waals surface area contributed by atoms with Crippen molar-refractivity contribution in [3.63, 3.8) is 0 Å². The summed E-state index contributed by atoms with van der Waals surface area (Å²) in [6.45, 7) is 4.87. The predicted octanol–water partition coefficient (Wildman–Crippen LogP) is 1.80. The summed E-state index contributed by atoms with van der Waals surface area (Å²) in [5.41, 5.74) is 1.31. The first-order chi connectivity index (χ1) is 11.7. The molecule has 1 aliphatic heterocycles. The van der Waals surface area contributed by atoms with Gasteiger partial charge in [-0.2, -0.15) is 0 Å². The van der Waals surface area contributed by atoms with Crippen molar-refractivity contribution in [1.29, 1.82) is 0 Å². The van der Waals surface area contributed by atoms with Crippen LogP contribution in [-0.4, -0.2) is 47.8 Å². The van der Waals surface area contributed by atoms with Crippen LogP contribution >= 0.6 is 0 Å². The van der Waals surface area contributed by atoms with Gasteiger partial charge in [-0.25, -0.2) is 9.59 Å². The number of aromatic nitrogens is 1. The summed E-state index contributed by atoms with van der Waals surface area (Å²) in [5, 5.41) is 2.87. The van der Waals surface area contributed by atoms with E-state index in [-0.39, 0.29) is 12.1 Å². The molecule has 0 saturated carbocycles. The number of para-hydroxylation sites is 2. The lowest BCUT2D eigenvalue weighted by atomic mass is 10.1. The monoisotopic (exact) mass is 333 g/mol. The SMILES string of the molecule is CCOC1CCN(C(=O)NCCn2c(=O)oc3ccccc32)CC1. The number of oxazole rings is 1. The van der Waals surface area contributed by atoms with E-state index in [1.807, 2.05) is 25.1 Å². The summed E-state index contributed by atoms with van der Waals surface area (Å²) in [5.74, 6) is -0.400. The number of urea groups is 1. The number of nitrogens with zero attached hydrogens (tertiary/aromatic N) is 2. The van der Waals surface area contributed by atoms with Gasteiger partial charge < -0.3 is 19.4 Å². The summed E-state index contributed by atoms with van der Waals surface area (Å²) in [6.07, 6.45) is 2.00. The number of amides is 2. The fraction of sp³-hybridized carbons (Fsp3) is 0.529. The Bertz CT molecular complexity index is 744. The zero-order valence-electron chi connectivity index (χ0n) is 13.9. The number of rotatable bonds is 5. The molecule has 0 spiro atoms. The molecule has 0 radical (unpaired) electrons. The molecule has 1 saturated heterocycles. The Morgan fingerprint density at radius 2 is 2.08 bits per heavy atom. The van der Waals surface area contributed by atoms with Gasteiger partial charge in [0.05, 0.1) is 11.6 Å². The number of likely N-dealkylation sites (tertiary alicyclic amines) is 1. The molecule has 24 heavy (non-hydrogen) atoms. The first-order valence-electron chi connectivity index (χ1n) is 8.41. The number of nitrogens with one attached hydrogen (secondary N) is 1. The van der Waals surface area contributed by atoms with Crippen molar-refractivity contribution >= 4 is 17.1 Å². The Hall–Kier alpha value is -2.28. The zero-order chi connectivity index (χ0) is 16.9. The van der Waals surface area contributed by atoms with Crippen LogP contribution in [0.2, 0.25) is 0 Å². The van der Waals surface area contributed by atoms with E-state index < -0.39 is 5.76 Å². The number of fused-ring (bicyclic) bond motifs is 1. The van der Waals surface area contributed by atoms with Gasteiger partial charge in [-0.05, 0) is 31.9 Å². The smallest absolute Gasteiger partial charge is 0.408 e. The summed E-state index contributed by atoms with van der Waals surface area (Å²) in [6, 6.07) is 7.18. The summed E-state index contributed by atoms with van der Waals surface area (Å²) >= 11 is 0. The molecule has 3 rings (SSSR count). The van der Waals surface area contributed by atoms with E-state index >= 15 is 0 Å². The molecule has 2 aromatic rings. The molecule has 1 fully saturated rings. The number of hydrogen-bond acceptors (Lipinski definition) is 4.